The van der Waals surface area contributed by atoms with Gasteiger partial charge in [-0.1, -0.05) is 18.2 Å². The van der Waals surface area contributed by atoms with E-state index in [1.165, 1.54) is 5.39 Å². The zero-order valence-corrected chi connectivity index (χ0v) is 12.6. The molecule has 3 heteroatoms. The lowest BCUT2D eigenvalue weighted by Crippen LogP contribution is -2.00. The number of fused-ring (bicyclic) bond motifs is 1. The maximum atomic E-state index is 9.80. The number of aliphatic hydroxyl groups is 1. The number of aromatic nitrogens is 1. The summed E-state index contributed by atoms with van der Waals surface area (Å²) in [5, 5.41) is 11.0. The van der Waals surface area contributed by atoms with Gasteiger partial charge in [0.2, 0.25) is 0 Å². The van der Waals surface area contributed by atoms with Gasteiger partial charge in [-0.25, -0.2) is 0 Å². The number of rotatable bonds is 5. The Bertz CT molecular complexity index is 692. The van der Waals surface area contributed by atoms with Crippen LogP contribution in [0.15, 0.2) is 60.0 Å². The SMILES string of the molecule is COC(C)\C=C(O)/C=C(C)/C=C\c1ccc2[nH]ccc2c1. The second-order valence-electron chi connectivity index (χ2n) is 5.08. The van der Waals surface area contributed by atoms with Crippen molar-refractivity contribution in [2.45, 2.75) is 20.0 Å². The van der Waals surface area contributed by atoms with Crippen LogP contribution in [0.1, 0.15) is 19.4 Å². The molecule has 0 saturated carbocycles. The van der Waals surface area contributed by atoms with E-state index in [1.807, 2.05) is 32.2 Å². The molecule has 0 amide bonds. The van der Waals surface area contributed by atoms with E-state index in [9.17, 15) is 5.11 Å². The molecule has 0 aliphatic rings. The molecule has 2 N–H and O–H groups in total. The molecule has 2 aromatic rings. The van der Waals surface area contributed by atoms with Crippen LogP contribution in [-0.2, 0) is 4.74 Å². The van der Waals surface area contributed by atoms with Crippen molar-refractivity contribution in [2.75, 3.05) is 7.11 Å². The third-order valence-electron chi connectivity index (χ3n) is 3.27. The van der Waals surface area contributed by atoms with Crippen LogP contribution >= 0.6 is 0 Å². The number of benzene rings is 1. The number of nitrogens with one attached hydrogen (secondary N) is 1. The first-order valence-electron chi connectivity index (χ1n) is 6.95. The van der Waals surface area contributed by atoms with E-state index >= 15 is 0 Å². The van der Waals surface area contributed by atoms with E-state index in [-0.39, 0.29) is 11.9 Å². The van der Waals surface area contributed by atoms with E-state index in [4.69, 9.17) is 4.74 Å². The molecule has 1 aromatic heterocycles. The van der Waals surface area contributed by atoms with Crippen molar-refractivity contribution in [2.24, 2.45) is 0 Å². The largest absolute Gasteiger partial charge is 0.508 e. The van der Waals surface area contributed by atoms with Gasteiger partial charge in [0.05, 0.1) is 6.10 Å². The number of hydrogen-bond donors (Lipinski definition) is 2. The minimum atomic E-state index is -0.103. The number of aromatic amines is 1. The van der Waals surface area contributed by atoms with Gasteiger partial charge in [0.1, 0.15) is 5.76 Å². The molecule has 0 fully saturated rings. The molecule has 0 aliphatic heterocycles. The monoisotopic (exact) mass is 283 g/mol. The number of aliphatic hydroxyl groups excluding tert-OH is 1. The highest BCUT2D eigenvalue weighted by molar-refractivity contribution is 5.82. The van der Waals surface area contributed by atoms with Crippen molar-refractivity contribution in [1.82, 2.24) is 4.98 Å². The lowest BCUT2D eigenvalue weighted by Gasteiger charge is -2.03. The van der Waals surface area contributed by atoms with Crippen LogP contribution in [0.4, 0.5) is 0 Å². The van der Waals surface area contributed by atoms with Gasteiger partial charge < -0.3 is 14.8 Å². The minimum Gasteiger partial charge on any atom is -0.508 e. The van der Waals surface area contributed by atoms with Crippen LogP contribution in [0.3, 0.4) is 0 Å². The molecule has 1 aromatic carbocycles. The highest BCUT2D eigenvalue weighted by atomic mass is 16.5. The van der Waals surface area contributed by atoms with Gasteiger partial charge in [0, 0.05) is 18.8 Å². The van der Waals surface area contributed by atoms with E-state index in [2.05, 4.69) is 29.2 Å². The predicted octanol–water partition coefficient (Wildman–Crippen LogP) is 4.60. The van der Waals surface area contributed by atoms with Crippen LogP contribution in [0.25, 0.3) is 17.0 Å². The second kappa shape index (κ2) is 6.95. The Hall–Kier alpha value is -2.26. The first-order valence-corrected chi connectivity index (χ1v) is 6.95. The quantitative estimate of drug-likeness (QED) is 0.622. The van der Waals surface area contributed by atoms with E-state index < -0.39 is 0 Å². The Morgan fingerprint density at radius 2 is 2.14 bits per heavy atom. The molecule has 1 heterocycles. The number of ether oxygens (including phenoxy) is 1. The molecular formula is C18H21NO2. The molecule has 0 aliphatic carbocycles. The van der Waals surface area contributed by atoms with Crippen LogP contribution < -0.4 is 0 Å². The Labute approximate surface area is 125 Å². The lowest BCUT2D eigenvalue weighted by molar-refractivity contribution is 0.153. The van der Waals surface area contributed by atoms with E-state index in [0.717, 1.165) is 16.7 Å². The summed E-state index contributed by atoms with van der Waals surface area (Å²) in [7, 11) is 1.61. The number of methoxy groups -OCH3 is 1. The van der Waals surface area contributed by atoms with Gasteiger partial charge in [-0.3, -0.25) is 0 Å². The van der Waals surface area contributed by atoms with Crippen LogP contribution in [0, 0.1) is 0 Å². The number of H-pyrrole nitrogens is 1. The molecule has 1 unspecified atom stereocenters. The fourth-order valence-electron chi connectivity index (χ4n) is 2.04. The summed E-state index contributed by atoms with van der Waals surface area (Å²) < 4.78 is 5.08. The average Bonchev–Trinajstić information content (AvgIpc) is 2.92. The summed E-state index contributed by atoms with van der Waals surface area (Å²) in [5.41, 5.74) is 3.23. The van der Waals surface area contributed by atoms with Crippen LogP contribution in [-0.4, -0.2) is 23.3 Å². The molecule has 0 saturated heterocycles. The molecule has 0 spiro atoms. The molecule has 0 radical (unpaired) electrons. The summed E-state index contributed by atoms with van der Waals surface area (Å²) in [5.74, 6) is 0.215. The normalized spacial score (nSPS) is 15.0. The van der Waals surface area contributed by atoms with Gasteiger partial charge in [0.25, 0.3) is 0 Å². The minimum absolute atomic E-state index is 0.103. The second-order valence-corrected chi connectivity index (χ2v) is 5.08. The fraction of sp³-hybridized carbons (Fsp3) is 0.222. The summed E-state index contributed by atoms with van der Waals surface area (Å²) >= 11 is 0. The van der Waals surface area contributed by atoms with Crippen LogP contribution in [0.2, 0.25) is 0 Å². The molecule has 110 valence electrons. The summed E-state index contributed by atoms with van der Waals surface area (Å²) in [6.45, 7) is 3.83. The van der Waals surface area contributed by atoms with E-state index in [1.54, 1.807) is 19.3 Å². The molecule has 1 atom stereocenters. The van der Waals surface area contributed by atoms with Gasteiger partial charge in [-0.05, 0) is 60.7 Å². The number of hydrogen-bond acceptors (Lipinski definition) is 2. The van der Waals surface area contributed by atoms with Crippen molar-refractivity contribution in [3.63, 3.8) is 0 Å². The Balaban J connectivity index is 2.10. The van der Waals surface area contributed by atoms with Crippen molar-refractivity contribution in [3.8, 4) is 0 Å². The maximum absolute atomic E-state index is 9.80. The van der Waals surface area contributed by atoms with Crippen molar-refractivity contribution >= 4 is 17.0 Å². The van der Waals surface area contributed by atoms with Gasteiger partial charge in [-0.15, -0.1) is 0 Å². The molecular weight excluding hydrogens is 262 g/mol. The fourth-order valence-corrected chi connectivity index (χ4v) is 2.04. The molecule has 3 nitrogen and oxygen atoms in total. The molecule has 2 rings (SSSR count). The maximum Gasteiger partial charge on any atom is 0.114 e. The van der Waals surface area contributed by atoms with Gasteiger partial charge in [0.15, 0.2) is 0 Å². The smallest absolute Gasteiger partial charge is 0.114 e. The highest BCUT2D eigenvalue weighted by Crippen LogP contribution is 2.16. The van der Waals surface area contributed by atoms with Gasteiger partial charge >= 0.3 is 0 Å². The summed E-state index contributed by atoms with van der Waals surface area (Å²) in [6, 6.07) is 8.30. The zero-order chi connectivity index (χ0) is 15.2. The van der Waals surface area contributed by atoms with Crippen LogP contribution in [0.5, 0.6) is 0 Å². The Morgan fingerprint density at radius 3 is 2.90 bits per heavy atom. The zero-order valence-electron chi connectivity index (χ0n) is 12.6. The first kappa shape index (κ1) is 15.1. The molecule has 0 bridgehead atoms. The van der Waals surface area contributed by atoms with Crippen molar-refractivity contribution in [1.29, 1.82) is 0 Å². The van der Waals surface area contributed by atoms with Gasteiger partial charge in [-0.2, -0.15) is 0 Å². The Kier molecular flexibility index (Phi) is 5.01. The first-order chi connectivity index (χ1) is 10.1. The third-order valence-corrected chi connectivity index (χ3v) is 3.27. The topological polar surface area (TPSA) is 45.2 Å². The Morgan fingerprint density at radius 1 is 1.33 bits per heavy atom. The number of allylic oxidation sites excluding steroid dienone is 3. The standard InChI is InChI=1S/C18H21NO2/c1-13(10-17(20)11-14(2)21-3)4-5-15-6-7-18-16(12-15)8-9-19-18/h4-12,14,19-20H,1-3H3/b5-4-,13-10+,17-11+. The van der Waals surface area contributed by atoms with E-state index in [0.29, 0.717) is 0 Å². The lowest BCUT2D eigenvalue weighted by atomic mass is 10.1. The molecule has 21 heavy (non-hydrogen) atoms. The van der Waals surface area contributed by atoms with Crippen molar-refractivity contribution < 1.29 is 9.84 Å². The predicted molar refractivity (Wildman–Crippen MR) is 88.3 cm³/mol. The average molecular weight is 283 g/mol. The summed E-state index contributed by atoms with van der Waals surface area (Å²) in [6.07, 6.45) is 9.24. The highest BCUT2D eigenvalue weighted by Gasteiger charge is 1.97. The third kappa shape index (κ3) is 4.36. The van der Waals surface area contributed by atoms with Crippen molar-refractivity contribution in [3.05, 3.63) is 65.6 Å². The summed E-state index contributed by atoms with van der Waals surface area (Å²) in [4.78, 5) is 3.17.